The van der Waals surface area contributed by atoms with Crippen molar-refractivity contribution in [1.82, 2.24) is 4.98 Å². The second kappa shape index (κ2) is 5.77. The third-order valence-corrected chi connectivity index (χ3v) is 3.39. The Morgan fingerprint density at radius 1 is 1.26 bits per heavy atom. The summed E-state index contributed by atoms with van der Waals surface area (Å²) in [6.07, 6.45) is 5.09. The van der Waals surface area contributed by atoms with Gasteiger partial charge in [-0.05, 0) is 12.8 Å². The summed E-state index contributed by atoms with van der Waals surface area (Å²) in [5, 5.41) is 11.6. The first-order valence-corrected chi connectivity index (χ1v) is 6.22. The van der Waals surface area contributed by atoms with Crippen LogP contribution in [0.4, 0.5) is 10.1 Å². The van der Waals surface area contributed by atoms with Crippen molar-refractivity contribution in [3.8, 4) is 0 Å². The van der Waals surface area contributed by atoms with Crippen LogP contribution in [0.3, 0.4) is 0 Å². The standard InChI is InChI=1S/C13H15FN2O3/c14-8-5-9(7-15-6-8)16-12(17)10-3-1-2-4-11(10)13(18)19/h5-7,10-11H,1-4H2,(H,16,17)(H,18,19). The lowest BCUT2D eigenvalue weighted by atomic mass is 9.78. The molecule has 1 saturated carbocycles. The van der Waals surface area contributed by atoms with Crippen LogP contribution in [0.2, 0.25) is 0 Å². The Morgan fingerprint density at radius 3 is 2.58 bits per heavy atom. The second-order valence-electron chi connectivity index (χ2n) is 4.72. The molecule has 1 aromatic rings. The van der Waals surface area contributed by atoms with E-state index in [9.17, 15) is 14.0 Å². The maximum atomic E-state index is 13.0. The molecule has 19 heavy (non-hydrogen) atoms. The second-order valence-corrected chi connectivity index (χ2v) is 4.72. The number of anilines is 1. The summed E-state index contributed by atoms with van der Waals surface area (Å²) in [6.45, 7) is 0. The van der Waals surface area contributed by atoms with Gasteiger partial charge in [0.05, 0.1) is 29.9 Å². The number of carbonyl (C=O) groups excluding carboxylic acids is 1. The van der Waals surface area contributed by atoms with Crippen LogP contribution in [0.15, 0.2) is 18.5 Å². The molecule has 2 rings (SSSR count). The molecule has 0 aromatic carbocycles. The van der Waals surface area contributed by atoms with E-state index in [0.717, 1.165) is 25.1 Å². The minimum atomic E-state index is -0.947. The smallest absolute Gasteiger partial charge is 0.307 e. The van der Waals surface area contributed by atoms with Crippen LogP contribution in [-0.2, 0) is 9.59 Å². The number of hydrogen-bond donors (Lipinski definition) is 2. The lowest BCUT2D eigenvalue weighted by Crippen LogP contribution is -2.36. The summed E-state index contributed by atoms with van der Waals surface area (Å²) >= 11 is 0. The number of hydrogen-bond acceptors (Lipinski definition) is 3. The molecule has 0 saturated heterocycles. The van der Waals surface area contributed by atoms with Crippen molar-refractivity contribution in [2.24, 2.45) is 11.8 Å². The normalized spacial score (nSPS) is 22.8. The highest BCUT2D eigenvalue weighted by Crippen LogP contribution is 2.31. The van der Waals surface area contributed by atoms with Gasteiger partial charge >= 0.3 is 5.97 Å². The molecule has 2 N–H and O–H groups in total. The van der Waals surface area contributed by atoms with Crippen LogP contribution in [0, 0.1) is 17.7 Å². The van der Waals surface area contributed by atoms with Gasteiger partial charge in [-0.2, -0.15) is 0 Å². The first-order chi connectivity index (χ1) is 9.08. The van der Waals surface area contributed by atoms with E-state index < -0.39 is 23.6 Å². The minimum absolute atomic E-state index is 0.250. The molecule has 2 atom stereocenters. The molecule has 0 radical (unpaired) electrons. The summed E-state index contributed by atoms with van der Waals surface area (Å²) in [4.78, 5) is 26.8. The van der Waals surface area contributed by atoms with Gasteiger partial charge in [-0.15, -0.1) is 0 Å². The molecule has 1 aliphatic rings. The molecule has 5 nitrogen and oxygen atoms in total. The van der Waals surface area contributed by atoms with Crippen LogP contribution >= 0.6 is 0 Å². The first kappa shape index (κ1) is 13.5. The van der Waals surface area contributed by atoms with Gasteiger partial charge in [0.15, 0.2) is 0 Å². The van der Waals surface area contributed by atoms with E-state index in [2.05, 4.69) is 10.3 Å². The van der Waals surface area contributed by atoms with Gasteiger partial charge in [-0.25, -0.2) is 4.39 Å². The van der Waals surface area contributed by atoms with Crippen molar-refractivity contribution in [3.63, 3.8) is 0 Å². The summed E-state index contributed by atoms with van der Waals surface area (Å²) in [7, 11) is 0. The Labute approximate surface area is 109 Å². The van der Waals surface area contributed by atoms with E-state index >= 15 is 0 Å². The maximum absolute atomic E-state index is 13.0. The van der Waals surface area contributed by atoms with Crippen LogP contribution in [-0.4, -0.2) is 22.0 Å². The monoisotopic (exact) mass is 266 g/mol. The van der Waals surface area contributed by atoms with Gasteiger partial charge < -0.3 is 10.4 Å². The number of nitrogens with zero attached hydrogens (tertiary/aromatic N) is 1. The van der Waals surface area contributed by atoms with Crippen LogP contribution in [0.5, 0.6) is 0 Å². The summed E-state index contributed by atoms with van der Waals surface area (Å²) < 4.78 is 13.0. The molecule has 1 amide bonds. The fourth-order valence-electron chi connectivity index (χ4n) is 2.46. The maximum Gasteiger partial charge on any atom is 0.307 e. The Bertz CT molecular complexity index is 493. The molecule has 102 valence electrons. The van der Waals surface area contributed by atoms with Gasteiger partial charge in [0, 0.05) is 6.07 Å². The molecule has 0 aliphatic heterocycles. The molecular formula is C13H15FN2O3. The van der Waals surface area contributed by atoms with Crippen LogP contribution in [0.1, 0.15) is 25.7 Å². The highest BCUT2D eigenvalue weighted by atomic mass is 19.1. The van der Waals surface area contributed by atoms with Crippen molar-refractivity contribution in [2.45, 2.75) is 25.7 Å². The quantitative estimate of drug-likeness (QED) is 0.877. The highest BCUT2D eigenvalue weighted by molar-refractivity contribution is 5.95. The van der Waals surface area contributed by atoms with Crippen molar-refractivity contribution < 1.29 is 19.1 Å². The average molecular weight is 266 g/mol. The number of aliphatic carboxylic acids is 1. The van der Waals surface area contributed by atoms with Gasteiger partial charge in [0.2, 0.25) is 5.91 Å². The van der Waals surface area contributed by atoms with Crippen molar-refractivity contribution >= 4 is 17.6 Å². The van der Waals surface area contributed by atoms with E-state index in [-0.39, 0.29) is 11.6 Å². The molecule has 1 heterocycles. The number of nitrogens with one attached hydrogen (secondary N) is 1. The third-order valence-electron chi connectivity index (χ3n) is 3.39. The molecule has 1 aliphatic carbocycles. The zero-order valence-electron chi connectivity index (χ0n) is 10.3. The number of carboxylic acid groups (broad SMARTS) is 1. The number of pyridine rings is 1. The van der Waals surface area contributed by atoms with E-state index in [4.69, 9.17) is 5.11 Å². The Morgan fingerprint density at radius 2 is 1.95 bits per heavy atom. The average Bonchev–Trinajstić information content (AvgIpc) is 2.38. The molecule has 1 fully saturated rings. The number of aromatic nitrogens is 1. The zero-order chi connectivity index (χ0) is 13.8. The third kappa shape index (κ3) is 3.27. The number of carboxylic acids is 1. The van der Waals surface area contributed by atoms with Crippen molar-refractivity contribution in [3.05, 3.63) is 24.3 Å². The number of carbonyl (C=O) groups is 2. The number of rotatable bonds is 3. The Balaban J connectivity index is 2.07. The van der Waals surface area contributed by atoms with Crippen molar-refractivity contribution in [1.29, 1.82) is 0 Å². The van der Waals surface area contributed by atoms with Crippen LogP contribution < -0.4 is 5.32 Å². The fraction of sp³-hybridized carbons (Fsp3) is 0.462. The first-order valence-electron chi connectivity index (χ1n) is 6.22. The fourth-order valence-corrected chi connectivity index (χ4v) is 2.46. The molecule has 0 spiro atoms. The van der Waals surface area contributed by atoms with E-state index in [1.807, 2.05) is 0 Å². The topological polar surface area (TPSA) is 79.3 Å². The predicted octanol–water partition coefficient (Wildman–Crippen LogP) is 2.05. The molecule has 6 heteroatoms. The Hall–Kier alpha value is -1.98. The highest BCUT2D eigenvalue weighted by Gasteiger charge is 2.35. The van der Waals surface area contributed by atoms with Crippen LogP contribution in [0.25, 0.3) is 0 Å². The van der Waals surface area contributed by atoms with Gasteiger partial charge in [0.25, 0.3) is 0 Å². The zero-order valence-corrected chi connectivity index (χ0v) is 10.3. The van der Waals surface area contributed by atoms with Gasteiger partial charge in [0.1, 0.15) is 5.82 Å². The SMILES string of the molecule is O=C(O)C1CCCCC1C(=O)Nc1cncc(F)c1. The summed E-state index contributed by atoms with van der Waals surface area (Å²) in [5.41, 5.74) is 0.250. The summed E-state index contributed by atoms with van der Waals surface area (Å²) in [6, 6.07) is 1.16. The number of amides is 1. The lowest BCUT2D eigenvalue weighted by molar-refractivity contribution is -0.147. The molecule has 2 unspecified atom stereocenters. The van der Waals surface area contributed by atoms with Gasteiger partial charge in [-0.3, -0.25) is 14.6 Å². The van der Waals surface area contributed by atoms with Gasteiger partial charge in [-0.1, -0.05) is 12.8 Å². The van der Waals surface area contributed by atoms with Crippen molar-refractivity contribution in [2.75, 3.05) is 5.32 Å². The molecular weight excluding hydrogens is 251 g/mol. The predicted molar refractivity (Wildman–Crippen MR) is 65.9 cm³/mol. The van der Waals surface area contributed by atoms with E-state index in [1.54, 1.807) is 0 Å². The lowest BCUT2D eigenvalue weighted by Gasteiger charge is -2.27. The Kier molecular flexibility index (Phi) is 4.09. The number of halogens is 1. The van der Waals surface area contributed by atoms with E-state index in [1.165, 1.54) is 6.20 Å². The van der Waals surface area contributed by atoms with E-state index in [0.29, 0.717) is 12.8 Å². The molecule has 0 bridgehead atoms. The largest absolute Gasteiger partial charge is 0.481 e. The minimum Gasteiger partial charge on any atom is -0.481 e. The summed E-state index contributed by atoms with van der Waals surface area (Å²) in [5.74, 6) is -3.09. The molecule has 1 aromatic heterocycles.